The maximum absolute atomic E-state index is 11.7. The van der Waals surface area contributed by atoms with E-state index in [1.165, 1.54) is 0 Å². The molecule has 0 spiro atoms. The van der Waals surface area contributed by atoms with Gasteiger partial charge in [-0.15, -0.1) is 11.3 Å². The van der Waals surface area contributed by atoms with Gasteiger partial charge >= 0.3 is 5.97 Å². The lowest BCUT2D eigenvalue weighted by Gasteiger charge is -2.00. The van der Waals surface area contributed by atoms with Crippen LogP contribution < -0.4 is 0 Å². The highest BCUT2D eigenvalue weighted by Gasteiger charge is 2.09. The fourth-order valence-electron chi connectivity index (χ4n) is 1.95. The van der Waals surface area contributed by atoms with E-state index in [0.29, 0.717) is 24.3 Å². The fraction of sp³-hybridized carbons (Fsp3) is 0.267. The van der Waals surface area contributed by atoms with E-state index in [1.54, 1.807) is 24.3 Å². The quantitative estimate of drug-likeness (QED) is 0.677. The third-order valence-electron chi connectivity index (χ3n) is 2.94. The molecular formula is C15H14N2O3S. The van der Waals surface area contributed by atoms with Gasteiger partial charge in [0, 0.05) is 12.5 Å². The molecule has 2 aromatic heterocycles. The SMILES string of the molecule is Cc1cc(COC(=O)CCc2nc3ccccc3s2)no1. The second kappa shape index (κ2) is 6.05. The predicted octanol–water partition coefficient (Wildman–Crippen LogP) is 3.27. The van der Waals surface area contributed by atoms with Crippen molar-refractivity contribution < 1.29 is 14.1 Å². The molecule has 0 amide bonds. The lowest BCUT2D eigenvalue weighted by atomic mass is 10.3. The number of carbonyl (C=O) groups excluding carboxylic acids is 1. The Morgan fingerprint density at radius 2 is 2.24 bits per heavy atom. The molecular weight excluding hydrogens is 288 g/mol. The molecule has 0 aliphatic carbocycles. The van der Waals surface area contributed by atoms with Crippen LogP contribution in [0.3, 0.4) is 0 Å². The number of para-hydroxylation sites is 1. The van der Waals surface area contributed by atoms with Gasteiger partial charge in [-0.05, 0) is 19.1 Å². The van der Waals surface area contributed by atoms with Gasteiger partial charge in [0.1, 0.15) is 18.1 Å². The zero-order chi connectivity index (χ0) is 14.7. The second-order valence-electron chi connectivity index (χ2n) is 4.66. The lowest BCUT2D eigenvalue weighted by molar-refractivity contribution is -0.145. The van der Waals surface area contributed by atoms with Gasteiger partial charge in [0.05, 0.1) is 21.6 Å². The van der Waals surface area contributed by atoms with E-state index >= 15 is 0 Å². The molecule has 2 heterocycles. The van der Waals surface area contributed by atoms with Crippen LogP contribution in [0.4, 0.5) is 0 Å². The van der Waals surface area contributed by atoms with Crippen LogP contribution in [0.15, 0.2) is 34.9 Å². The Hall–Kier alpha value is -2.21. The Balaban J connectivity index is 1.51. The van der Waals surface area contributed by atoms with E-state index < -0.39 is 0 Å². The van der Waals surface area contributed by atoms with Crippen LogP contribution in [0.2, 0.25) is 0 Å². The monoisotopic (exact) mass is 302 g/mol. The topological polar surface area (TPSA) is 65.2 Å². The number of fused-ring (bicyclic) bond motifs is 1. The van der Waals surface area contributed by atoms with Crippen LogP contribution in [0, 0.1) is 6.92 Å². The zero-order valence-electron chi connectivity index (χ0n) is 11.5. The van der Waals surface area contributed by atoms with Crippen LogP contribution in [-0.4, -0.2) is 16.1 Å². The highest BCUT2D eigenvalue weighted by atomic mass is 32.1. The molecule has 0 atom stereocenters. The molecule has 3 aromatic rings. The molecule has 3 rings (SSSR count). The van der Waals surface area contributed by atoms with Crippen molar-refractivity contribution >= 4 is 27.5 Å². The smallest absolute Gasteiger partial charge is 0.306 e. The van der Waals surface area contributed by atoms with Gasteiger partial charge in [-0.3, -0.25) is 4.79 Å². The normalized spacial score (nSPS) is 10.9. The van der Waals surface area contributed by atoms with Crippen molar-refractivity contribution in [2.45, 2.75) is 26.4 Å². The molecule has 0 fully saturated rings. The molecule has 0 bridgehead atoms. The van der Waals surface area contributed by atoms with Crippen molar-refractivity contribution in [2.24, 2.45) is 0 Å². The van der Waals surface area contributed by atoms with E-state index in [2.05, 4.69) is 10.1 Å². The Morgan fingerprint density at radius 3 is 3.00 bits per heavy atom. The first-order chi connectivity index (χ1) is 10.2. The maximum Gasteiger partial charge on any atom is 0.306 e. The number of hydrogen-bond donors (Lipinski definition) is 0. The summed E-state index contributed by atoms with van der Waals surface area (Å²) in [4.78, 5) is 16.2. The van der Waals surface area contributed by atoms with E-state index in [0.717, 1.165) is 15.2 Å². The number of benzene rings is 1. The number of ether oxygens (including phenoxy) is 1. The number of rotatable bonds is 5. The van der Waals surface area contributed by atoms with Crippen LogP contribution >= 0.6 is 11.3 Å². The van der Waals surface area contributed by atoms with Gasteiger partial charge in [0.2, 0.25) is 0 Å². The number of aryl methyl sites for hydroxylation is 2. The molecule has 0 unspecified atom stereocenters. The molecule has 0 saturated heterocycles. The number of aromatic nitrogens is 2. The molecule has 0 radical (unpaired) electrons. The van der Waals surface area contributed by atoms with Gasteiger partial charge in [0.15, 0.2) is 0 Å². The molecule has 0 aliphatic heterocycles. The van der Waals surface area contributed by atoms with Crippen molar-refractivity contribution in [2.75, 3.05) is 0 Å². The lowest BCUT2D eigenvalue weighted by Crippen LogP contribution is -2.06. The number of carbonyl (C=O) groups is 1. The molecule has 21 heavy (non-hydrogen) atoms. The Kier molecular flexibility index (Phi) is 3.96. The summed E-state index contributed by atoms with van der Waals surface area (Å²) in [6, 6.07) is 9.70. The molecule has 0 aliphatic rings. The van der Waals surface area contributed by atoms with Crippen LogP contribution in [0.5, 0.6) is 0 Å². The van der Waals surface area contributed by atoms with Crippen molar-refractivity contribution in [3.8, 4) is 0 Å². The minimum Gasteiger partial charge on any atom is -0.459 e. The van der Waals surface area contributed by atoms with Crippen LogP contribution in [0.25, 0.3) is 10.2 Å². The largest absolute Gasteiger partial charge is 0.459 e. The van der Waals surface area contributed by atoms with Crippen LogP contribution in [-0.2, 0) is 22.6 Å². The number of thiazole rings is 1. The molecule has 5 nitrogen and oxygen atoms in total. The minimum atomic E-state index is -0.255. The third-order valence-corrected chi connectivity index (χ3v) is 4.04. The summed E-state index contributed by atoms with van der Waals surface area (Å²) < 4.78 is 11.2. The van der Waals surface area contributed by atoms with Crippen molar-refractivity contribution in [1.29, 1.82) is 0 Å². The van der Waals surface area contributed by atoms with Gasteiger partial charge in [-0.2, -0.15) is 0 Å². The highest BCUT2D eigenvalue weighted by molar-refractivity contribution is 7.18. The number of esters is 1. The molecule has 1 aromatic carbocycles. The first-order valence-electron chi connectivity index (χ1n) is 6.63. The van der Waals surface area contributed by atoms with Crippen molar-refractivity contribution in [1.82, 2.24) is 10.1 Å². The summed E-state index contributed by atoms with van der Waals surface area (Å²) in [5, 5.41) is 4.72. The number of nitrogens with zero attached hydrogens (tertiary/aromatic N) is 2. The van der Waals surface area contributed by atoms with Crippen LogP contribution in [0.1, 0.15) is 22.9 Å². The van der Waals surface area contributed by atoms with Crippen molar-refractivity contribution in [3.63, 3.8) is 0 Å². The summed E-state index contributed by atoms with van der Waals surface area (Å²) in [5.74, 6) is 0.449. The van der Waals surface area contributed by atoms with Gasteiger partial charge in [0.25, 0.3) is 0 Å². The average molecular weight is 302 g/mol. The van der Waals surface area contributed by atoms with Crippen molar-refractivity contribution in [3.05, 3.63) is 46.8 Å². The molecule has 108 valence electrons. The van der Waals surface area contributed by atoms with Gasteiger partial charge in [-0.1, -0.05) is 17.3 Å². The summed E-state index contributed by atoms with van der Waals surface area (Å²) in [6.07, 6.45) is 0.909. The maximum atomic E-state index is 11.7. The van der Waals surface area contributed by atoms with Gasteiger partial charge < -0.3 is 9.26 Å². The minimum absolute atomic E-state index is 0.149. The summed E-state index contributed by atoms with van der Waals surface area (Å²) >= 11 is 1.61. The Bertz CT molecular complexity index is 730. The Labute approximate surface area is 125 Å². The first-order valence-corrected chi connectivity index (χ1v) is 7.44. The van der Waals surface area contributed by atoms with E-state index in [4.69, 9.17) is 9.26 Å². The summed E-state index contributed by atoms with van der Waals surface area (Å²) in [5.41, 5.74) is 1.60. The van der Waals surface area contributed by atoms with E-state index in [-0.39, 0.29) is 12.6 Å². The first kappa shape index (κ1) is 13.8. The molecule has 0 N–H and O–H groups in total. The highest BCUT2D eigenvalue weighted by Crippen LogP contribution is 2.22. The summed E-state index contributed by atoms with van der Waals surface area (Å²) in [6.45, 7) is 1.95. The standard InChI is InChI=1S/C15H14N2O3S/c1-10-8-11(17-20-10)9-19-15(18)7-6-14-16-12-4-2-3-5-13(12)21-14/h2-5,8H,6-7,9H2,1H3. The average Bonchev–Trinajstić information content (AvgIpc) is 3.08. The molecule has 6 heteroatoms. The van der Waals surface area contributed by atoms with Gasteiger partial charge in [-0.25, -0.2) is 4.98 Å². The second-order valence-corrected chi connectivity index (χ2v) is 5.78. The fourth-order valence-corrected chi connectivity index (χ4v) is 2.92. The van der Waals surface area contributed by atoms with E-state index in [9.17, 15) is 4.79 Å². The molecule has 0 saturated carbocycles. The zero-order valence-corrected chi connectivity index (χ0v) is 12.4. The number of hydrogen-bond acceptors (Lipinski definition) is 6. The summed E-state index contributed by atoms with van der Waals surface area (Å²) in [7, 11) is 0. The predicted molar refractivity (Wildman–Crippen MR) is 79.0 cm³/mol. The third kappa shape index (κ3) is 3.46. The Morgan fingerprint density at radius 1 is 1.38 bits per heavy atom. The van der Waals surface area contributed by atoms with E-state index in [1.807, 2.05) is 24.3 Å².